The number of aromatic carboxylic acids is 1. The van der Waals surface area contributed by atoms with Gasteiger partial charge in [-0.3, -0.25) is 0 Å². The Hall–Kier alpha value is -1.66. The molecule has 1 N–H and O–H groups in total. The molecule has 0 unspecified atom stereocenters. The van der Waals surface area contributed by atoms with Crippen LogP contribution >= 0.6 is 23.4 Å². The quantitative estimate of drug-likeness (QED) is 0.682. The lowest BCUT2D eigenvalue weighted by Crippen LogP contribution is -2.08. The van der Waals surface area contributed by atoms with Crippen LogP contribution in [0.5, 0.6) is 0 Å². The van der Waals surface area contributed by atoms with Crippen LogP contribution in [0.2, 0.25) is 5.02 Å². The molecule has 0 spiro atoms. The summed E-state index contributed by atoms with van der Waals surface area (Å²) in [6, 6.07) is 4.53. The molecule has 0 bridgehead atoms. The third kappa shape index (κ3) is 3.51. The molecule has 7 heteroatoms. The van der Waals surface area contributed by atoms with E-state index in [-0.39, 0.29) is 10.6 Å². The molecular weight excluding hydrogens is 315 g/mol. The maximum atomic E-state index is 13.4. The summed E-state index contributed by atoms with van der Waals surface area (Å²) in [5.74, 6) is -0.763. The SMILES string of the molecule is Cc1nc(C)c(C(=O)O)c(SCc2cccc(F)c2Cl)n1. The molecule has 0 aliphatic rings. The van der Waals surface area contributed by atoms with Gasteiger partial charge >= 0.3 is 5.97 Å². The van der Waals surface area contributed by atoms with Crippen molar-refractivity contribution in [3.05, 3.63) is 51.7 Å². The minimum absolute atomic E-state index is 0.0457. The van der Waals surface area contributed by atoms with Crippen molar-refractivity contribution in [3.63, 3.8) is 0 Å². The minimum Gasteiger partial charge on any atom is -0.478 e. The smallest absolute Gasteiger partial charge is 0.340 e. The largest absolute Gasteiger partial charge is 0.478 e. The van der Waals surface area contributed by atoms with Crippen LogP contribution in [-0.4, -0.2) is 21.0 Å². The van der Waals surface area contributed by atoms with Crippen LogP contribution in [-0.2, 0) is 5.75 Å². The van der Waals surface area contributed by atoms with Gasteiger partial charge in [0.15, 0.2) is 0 Å². The van der Waals surface area contributed by atoms with E-state index in [2.05, 4.69) is 9.97 Å². The van der Waals surface area contributed by atoms with E-state index in [1.807, 2.05) is 0 Å². The van der Waals surface area contributed by atoms with Crippen molar-refractivity contribution in [1.82, 2.24) is 9.97 Å². The topological polar surface area (TPSA) is 63.1 Å². The van der Waals surface area contributed by atoms with Gasteiger partial charge in [0.05, 0.1) is 10.7 Å². The minimum atomic E-state index is -1.08. The number of carbonyl (C=O) groups is 1. The van der Waals surface area contributed by atoms with E-state index in [4.69, 9.17) is 11.6 Å². The Morgan fingerprint density at radius 3 is 2.76 bits per heavy atom. The molecule has 4 nitrogen and oxygen atoms in total. The van der Waals surface area contributed by atoms with Crippen molar-refractivity contribution < 1.29 is 14.3 Å². The summed E-state index contributed by atoms with van der Waals surface area (Å²) in [5, 5.41) is 9.65. The van der Waals surface area contributed by atoms with Crippen LogP contribution in [0.1, 0.15) is 27.4 Å². The Morgan fingerprint density at radius 1 is 1.38 bits per heavy atom. The molecule has 110 valence electrons. The molecule has 0 saturated carbocycles. The van der Waals surface area contributed by atoms with Gasteiger partial charge in [0.1, 0.15) is 22.2 Å². The van der Waals surface area contributed by atoms with Crippen molar-refractivity contribution >= 4 is 29.3 Å². The predicted octanol–water partition coefficient (Wildman–Crippen LogP) is 3.88. The van der Waals surface area contributed by atoms with Crippen LogP contribution in [0.4, 0.5) is 4.39 Å². The number of carboxylic acids is 1. The summed E-state index contributed by atoms with van der Waals surface area (Å²) in [5.41, 5.74) is 1.06. The van der Waals surface area contributed by atoms with E-state index < -0.39 is 11.8 Å². The number of hydrogen-bond donors (Lipinski definition) is 1. The monoisotopic (exact) mass is 326 g/mol. The van der Waals surface area contributed by atoms with E-state index in [1.54, 1.807) is 26.0 Å². The van der Waals surface area contributed by atoms with Crippen molar-refractivity contribution in [2.24, 2.45) is 0 Å². The zero-order chi connectivity index (χ0) is 15.6. The second-order valence-corrected chi connectivity index (χ2v) is 5.69. The van der Waals surface area contributed by atoms with Crippen molar-refractivity contribution in [2.75, 3.05) is 0 Å². The summed E-state index contributed by atoms with van der Waals surface area (Å²) >= 11 is 7.08. The van der Waals surface area contributed by atoms with Crippen LogP contribution in [0.15, 0.2) is 23.2 Å². The fourth-order valence-corrected chi connectivity index (χ4v) is 3.22. The third-order valence-electron chi connectivity index (χ3n) is 2.78. The molecule has 1 aromatic heterocycles. The highest BCUT2D eigenvalue weighted by molar-refractivity contribution is 7.98. The summed E-state index contributed by atoms with van der Waals surface area (Å²) in [6.07, 6.45) is 0. The third-order valence-corrected chi connectivity index (χ3v) is 4.23. The van der Waals surface area contributed by atoms with Crippen molar-refractivity contribution in [2.45, 2.75) is 24.6 Å². The molecule has 0 aliphatic carbocycles. The fourth-order valence-electron chi connectivity index (χ4n) is 1.84. The number of halogens is 2. The van der Waals surface area contributed by atoms with Gasteiger partial charge in [-0.05, 0) is 25.5 Å². The Bertz CT molecular complexity index is 710. The van der Waals surface area contributed by atoms with Gasteiger partial charge in [0, 0.05) is 5.75 Å². The Morgan fingerprint density at radius 2 is 2.10 bits per heavy atom. The summed E-state index contributed by atoms with van der Waals surface area (Å²) in [6.45, 7) is 3.31. The van der Waals surface area contributed by atoms with Gasteiger partial charge in [-0.25, -0.2) is 19.2 Å². The highest BCUT2D eigenvalue weighted by atomic mass is 35.5. The maximum absolute atomic E-state index is 13.4. The van der Waals surface area contributed by atoms with E-state index in [0.717, 1.165) is 0 Å². The second kappa shape index (κ2) is 6.41. The number of hydrogen-bond acceptors (Lipinski definition) is 4. The van der Waals surface area contributed by atoms with E-state index >= 15 is 0 Å². The highest BCUT2D eigenvalue weighted by Crippen LogP contribution is 2.30. The molecule has 0 atom stereocenters. The van der Waals surface area contributed by atoms with E-state index in [9.17, 15) is 14.3 Å². The number of aromatic nitrogens is 2. The zero-order valence-corrected chi connectivity index (χ0v) is 12.9. The lowest BCUT2D eigenvalue weighted by molar-refractivity contribution is 0.0690. The first-order valence-electron chi connectivity index (χ1n) is 6.04. The Balaban J connectivity index is 2.32. The standard InChI is InChI=1S/C14H12ClFN2O2S/c1-7-11(14(19)20)13(18-8(2)17-7)21-6-9-4-3-5-10(16)12(9)15/h3-5H,6H2,1-2H3,(H,19,20). The summed E-state index contributed by atoms with van der Waals surface area (Å²) < 4.78 is 13.4. The Kier molecular flexibility index (Phi) is 4.80. The summed E-state index contributed by atoms with van der Waals surface area (Å²) in [4.78, 5) is 19.5. The molecular formula is C14H12ClFN2O2S. The Labute approximate surface area is 130 Å². The van der Waals surface area contributed by atoms with Crippen LogP contribution < -0.4 is 0 Å². The number of aryl methyl sites for hydroxylation is 2. The number of nitrogens with zero attached hydrogens (tertiary/aromatic N) is 2. The lowest BCUT2D eigenvalue weighted by atomic mass is 10.2. The molecule has 0 amide bonds. The number of rotatable bonds is 4. The number of thioether (sulfide) groups is 1. The zero-order valence-electron chi connectivity index (χ0n) is 11.4. The van der Waals surface area contributed by atoms with Crippen molar-refractivity contribution in [3.8, 4) is 0 Å². The molecule has 2 rings (SSSR count). The highest BCUT2D eigenvalue weighted by Gasteiger charge is 2.18. The van der Waals surface area contributed by atoms with Crippen LogP contribution in [0.25, 0.3) is 0 Å². The number of benzene rings is 1. The molecule has 1 heterocycles. The first-order valence-corrected chi connectivity index (χ1v) is 7.40. The molecule has 1 aromatic carbocycles. The summed E-state index contributed by atoms with van der Waals surface area (Å²) in [7, 11) is 0. The molecule has 21 heavy (non-hydrogen) atoms. The number of carboxylic acid groups (broad SMARTS) is 1. The normalized spacial score (nSPS) is 10.7. The van der Waals surface area contributed by atoms with Crippen molar-refractivity contribution in [1.29, 1.82) is 0 Å². The van der Waals surface area contributed by atoms with Gasteiger partial charge < -0.3 is 5.11 Å². The lowest BCUT2D eigenvalue weighted by Gasteiger charge is -2.09. The van der Waals surface area contributed by atoms with E-state index in [1.165, 1.54) is 17.8 Å². The second-order valence-electron chi connectivity index (χ2n) is 4.34. The van der Waals surface area contributed by atoms with Gasteiger partial charge in [0.25, 0.3) is 0 Å². The maximum Gasteiger partial charge on any atom is 0.340 e. The average molecular weight is 327 g/mol. The first kappa shape index (κ1) is 15.7. The average Bonchev–Trinajstić information content (AvgIpc) is 2.39. The van der Waals surface area contributed by atoms with E-state index in [0.29, 0.717) is 27.9 Å². The van der Waals surface area contributed by atoms with Gasteiger partial charge in [-0.1, -0.05) is 23.7 Å². The molecule has 2 aromatic rings. The molecule has 0 fully saturated rings. The van der Waals surface area contributed by atoms with Crippen LogP contribution in [0.3, 0.4) is 0 Å². The molecule has 0 aliphatic heterocycles. The molecule has 0 saturated heterocycles. The van der Waals surface area contributed by atoms with Crippen LogP contribution in [0, 0.1) is 19.7 Å². The predicted molar refractivity (Wildman–Crippen MR) is 79.4 cm³/mol. The van der Waals surface area contributed by atoms with Gasteiger partial charge in [-0.2, -0.15) is 0 Å². The van der Waals surface area contributed by atoms with Gasteiger partial charge in [0.2, 0.25) is 0 Å². The molecule has 0 radical (unpaired) electrons. The van der Waals surface area contributed by atoms with Gasteiger partial charge in [-0.15, -0.1) is 11.8 Å². The fraction of sp³-hybridized carbons (Fsp3) is 0.214. The first-order chi connectivity index (χ1) is 9.90.